The molecule has 0 fully saturated rings. The van der Waals surface area contributed by atoms with Crippen molar-refractivity contribution in [1.29, 1.82) is 0 Å². The van der Waals surface area contributed by atoms with Crippen LogP contribution in [-0.2, 0) is 20.1 Å². The van der Waals surface area contributed by atoms with E-state index in [1.165, 1.54) is 11.3 Å². The fourth-order valence-corrected chi connectivity index (χ4v) is 2.60. The molecule has 19 heavy (non-hydrogen) atoms. The molecule has 2 N–H and O–H groups in total. The molecule has 7 heteroatoms. The van der Waals surface area contributed by atoms with Gasteiger partial charge in [0.2, 0.25) is 0 Å². The number of H-pyrrole nitrogens is 1. The zero-order valence-electron chi connectivity index (χ0n) is 10.4. The Kier molecular flexibility index (Phi) is 3.14. The van der Waals surface area contributed by atoms with Gasteiger partial charge < -0.3 is 10.3 Å². The minimum Gasteiger partial charge on any atom is -0.308 e. The second kappa shape index (κ2) is 4.94. The summed E-state index contributed by atoms with van der Waals surface area (Å²) in [5.41, 5.74) is 1.64. The lowest BCUT2D eigenvalue weighted by molar-refractivity contribution is 0.637. The minimum absolute atomic E-state index is 0.0744. The molecule has 0 radical (unpaired) electrons. The van der Waals surface area contributed by atoms with E-state index >= 15 is 0 Å². The maximum absolute atomic E-state index is 11.8. The third-order valence-electron chi connectivity index (χ3n) is 2.73. The van der Waals surface area contributed by atoms with E-state index in [9.17, 15) is 4.79 Å². The number of aromatic amines is 1. The van der Waals surface area contributed by atoms with Gasteiger partial charge in [-0.3, -0.25) is 9.48 Å². The van der Waals surface area contributed by atoms with Gasteiger partial charge in [-0.2, -0.15) is 5.10 Å². The molecule has 0 bridgehead atoms. The molecule has 0 atom stereocenters. The van der Waals surface area contributed by atoms with E-state index in [1.807, 2.05) is 30.8 Å². The summed E-state index contributed by atoms with van der Waals surface area (Å²) in [6.45, 7) is 1.16. The first-order valence-corrected chi connectivity index (χ1v) is 6.76. The van der Waals surface area contributed by atoms with Crippen LogP contribution >= 0.6 is 11.3 Å². The first-order valence-electron chi connectivity index (χ1n) is 5.88. The van der Waals surface area contributed by atoms with Crippen LogP contribution in [0.3, 0.4) is 0 Å². The van der Waals surface area contributed by atoms with Gasteiger partial charge in [-0.1, -0.05) is 0 Å². The molecule has 3 aromatic heterocycles. The molecule has 0 unspecified atom stereocenters. The number of nitrogens with zero attached hydrogens (tertiary/aromatic N) is 3. The molecule has 0 saturated carbocycles. The Morgan fingerprint density at radius 3 is 3.11 bits per heavy atom. The van der Waals surface area contributed by atoms with Gasteiger partial charge in [0.25, 0.3) is 5.56 Å². The van der Waals surface area contributed by atoms with Gasteiger partial charge in [0, 0.05) is 19.8 Å². The number of thiophene rings is 1. The van der Waals surface area contributed by atoms with Gasteiger partial charge >= 0.3 is 0 Å². The molecule has 0 aliphatic heterocycles. The normalized spacial score (nSPS) is 11.2. The summed E-state index contributed by atoms with van der Waals surface area (Å²) in [4.78, 5) is 19.0. The summed E-state index contributed by atoms with van der Waals surface area (Å²) in [6, 6.07) is 3.81. The number of nitrogens with one attached hydrogen (secondary N) is 2. The average molecular weight is 275 g/mol. The first kappa shape index (κ1) is 12.1. The Morgan fingerprint density at radius 2 is 2.32 bits per heavy atom. The summed E-state index contributed by atoms with van der Waals surface area (Å²) in [7, 11) is 1.88. The summed E-state index contributed by atoms with van der Waals surface area (Å²) >= 11 is 1.41. The van der Waals surface area contributed by atoms with Crippen LogP contribution in [0.1, 0.15) is 11.5 Å². The van der Waals surface area contributed by atoms with Crippen LogP contribution in [0.5, 0.6) is 0 Å². The quantitative estimate of drug-likeness (QED) is 0.745. The highest BCUT2D eigenvalue weighted by Gasteiger charge is 2.04. The first-order chi connectivity index (χ1) is 9.22. The van der Waals surface area contributed by atoms with Gasteiger partial charge in [0.15, 0.2) is 0 Å². The third-order valence-corrected chi connectivity index (χ3v) is 3.63. The molecule has 0 spiro atoms. The maximum atomic E-state index is 11.8. The smallest absolute Gasteiger partial charge is 0.268 e. The van der Waals surface area contributed by atoms with E-state index in [0.717, 1.165) is 11.2 Å². The highest BCUT2D eigenvalue weighted by atomic mass is 32.1. The maximum Gasteiger partial charge on any atom is 0.268 e. The van der Waals surface area contributed by atoms with Crippen LogP contribution in [0.15, 0.2) is 28.5 Å². The lowest BCUT2D eigenvalue weighted by Gasteiger charge is -2.02. The average Bonchev–Trinajstić information content (AvgIpc) is 2.98. The molecule has 0 saturated heterocycles. The van der Waals surface area contributed by atoms with Crippen LogP contribution < -0.4 is 10.9 Å². The number of fused-ring (bicyclic) bond motifs is 1. The fourth-order valence-electron chi connectivity index (χ4n) is 1.87. The Balaban J connectivity index is 1.69. The van der Waals surface area contributed by atoms with Gasteiger partial charge in [-0.15, -0.1) is 11.3 Å². The van der Waals surface area contributed by atoms with Crippen LogP contribution in [0.4, 0.5) is 0 Å². The minimum atomic E-state index is -0.0744. The van der Waals surface area contributed by atoms with E-state index in [1.54, 1.807) is 4.68 Å². The van der Waals surface area contributed by atoms with E-state index in [2.05, 4.69) is 20.4 Å². The van der Waals surface area contributed by atoms with Gasteiger partial charge in [-0.25, -0.2) is 4.98 Å². The number of aromatic nitrogens is 4. The van der Waals surface area contributed by atoms with Crippen molar-refractivity contribution in [3.8, 4) is 0 Å². The molecule has 0 aliphatic rings. The molecule has 3 aromatic rings. The largest absolute Gasteiger partial charge is 0.308 e. The SMILES string of the molecule is Cn1ccc(CNCc2nc3ccsc3c(=O)[nH]2)n1. The molecular weight excluding hydrogens is 262 g/mol. The standard InChI is InChI=1S/C12H13N5OS/c1-17-4-2-8(16-17)6-13-7-10-14-9-3-5-19-11(9)12(18)15-10/h2-5,13H,6-7H2,1H3,(H,14,15,18). The van der Waals surface area contributed by atoms with Crippen LogP contribution in [0, 0.1) is 0 Å². The second-order valence-corrected chi connectivity index (χ2v) is 5.15. The Labute approximate surface area is 113 Å². The van der Waals surface area contributed by atoms with Gasteiger partial charge in [0.1, 0.15) is 10.5 Å². The Bertz CT molecular complexity index is 757. The van der Waals surface area contributed by atoms with Crippen molar-refractivity contribution in [2.24, 2.45) is 7.05 Å². The molecule has 98 valence electrons. The predicted octanol–water partition coefficient (Wildman–Crippen LogP) is 1.01. The topological polar surface area (TPSA) is 75.6 Å². The summed E-state index contributed by atoms with van der Waals surface area (Å²) in [5, 5.41) is 9.35. The van der Waals surface area contributed by atoms with E-state index in [4.69, 9.17) is 0 Å². The van der Waals surface area contributed by atoms with Crippen LogP contribution in [0.2, 0.25) is 0 Å². The van der Waals surface area contributed by atoms with Crippen molar-refractivity contribution < 1.29 is 0 Å². The monoisotopic (exact) mass is 275 g/mol. The second-order valence-electron chi connectivity index (χ2n) is 4.23. The number of aryl methyl sites for hydroxylation is 1. The van der Waals surface area contributed by atoms with Crippen molar-refractivity contribution in [1.82, 2.24) is 25.1 Å². The lowest BCUT2D eigenvalue weighted by Crippen LogP contribution is -2.19. The zero-order chi connectivity index (χ0) is 13.2. The number of hydrogen-bond donors (Lipinski definition) is 2. The summed E-state index contributed by atoms with van der Waals surface area (Å²) in [6.07, 6.45) is 1.90. The highest BCUT2D eigenvalue weighted by Crippen LogP contribution is 2.13. The summed E-state index contributed by atoms with van der Waals surface area (Å²) < 4.78 is 2.43. The number of hydrogen-bond acceptors (Lipinski definition) is 5. The molecule has 6 nitrogen and oxygen atoms in total. The van der Waals surface area contributed by atoms with Crippen molar-refractivity contribution in [3.63, 3.8) is 0 Å². The van der Waals surface area contributed by atoms with E-state index < -0.39 is 0 Å². The van der Waals surface area contributed by atoms with E-state index in [0.29, 0.717) is 23.6 Å². The van der Waals surface area contributed by atoms with Crippen LogP contribution in [-0.4, -0.2) is 19.7 Å². The molecular formula is C12H13N5OS. The molecule has 3 heterocycles. The Morgan fingerprint density at radius 1 is 1.42 bits per heavy atom. The molecule has 0 amide bonds. The highest BCUT2D eigenvalue weighted by molar-refractivity contribution is 7.17. The van der Waals surface area contributed by atoms with Crippen molar-refractivity contribution in [2.45, 2.75) is 13.1 Å². The van der Waals surface area contributed by atoms with Gasteiger partial charge in [-0.05, 0) is 17.5 Å². The number of rotatable bonds is 4. The fraction of sp³-hybridized carbons (Fsp3) is 0.250. The van der Waals surface area contributed by atoms with Crippen molar-refractivity contribution in [3.05, 3.63) is 45.6 Å². The molecule has 3 rings (SSSR count). The van der Waals surface area contributed by atoms with Crippen molar-refractivity contribution >= 4 is 21.6 Å². The van der Waals surface area contributed by atoms with E-state index in [-0.39, 0.29) is 5.56 Å². The molecule has 0 aliphatic carbocycles. The van der Waals surface area contributed by atoms with Crippen LogP contribution in [0.25, 0.3) is 10.2 Å². The molecule has 0 aromatic carbocycles. The van der Waals surface area contributed by atoms with Crippen molar-refractivity contribution in [2.75, 3.05) is 0 Å². The zero-order valence-corrected chi connectivity index (χ0v) is 11.2. The summed E-state index contributed by atoms with van der Waals surface area (Å²) in [5.74, 6) is 0.645. The Hall–Kier alpha value is -1.99. The van der Waals surface area contributed by atoms with Gasteiger partial charge in [0.05, 0.1) is 17.8 Å². The predicted molar refractivity (Wildman–Crippen MR) is 74.0 cm³/mol. The third kappa shape index (κ3) is 2.56. The lowest BCUT2D eigenvalue weighted by atomic mass is 10.4.